The second-order valence-electron chi connectivity index (χ2n) is 3.97. The molecule has 2 rings (SSSR count). The van der Waals surface area contributed by atoms with Crippen LogP contribution in [0.15, 0.2) is 24.5 Å². The normalized spacial score (nSPS) is 23.6. The summed E-state index contributed by atoms with van der Waals surface area (Å²) in [7, 11) is 0. The Morgan fingerprint density at radius 2 is 2.38 bits per heavy atom. The predicted octanol–water partition coefficient (Wildman–Crippen LogP) is 1.30. The highest BCUT2D eigenvalue weighted by Crippen LogP contribution is 2.17. The van der Waals surface area contributed by atoms with Gasteiger partial charge in [0.2, 0.25) is 5.91 Å². The third-order valence-corrected chi connectivity index (χ3v) is 2.78. The fourth-order valence-electron chi connectivity index (χ4n) is 1.83. The second-order valence-corrected chi connectivity index (χ2v) is 3.97. The Morgan fingerprint density at radius 3 is 2.94 bits per heavy atom. The molecule has 0 aromatic carbocycles. The first kappa shape index (κ1) is 12.9. The van der Waals surface area contributed by atoms with Crippen LogP contribution < -0.4 is 10.6 Å². The smallest absolute Gasteiger partial charge is 0.229 e. The first-order valence-electron chi connectivity index (χ1n) is 5.19. The molecule has 0 radical (unpaired) electrons. The molecule has 0 unspecified atom stereocenters. The van der Waals surface area contributed by atoms with E-state index in [9.17, 15) is 4.79 Å². The van der Waals surface area contributed by atoms with Gasteiger partial charge >= 0.3 is 0 Å². The van der Waals surface area contributed by atoms with E-state index in [1.165, 1.54) is 0 Å². The molecule has 2 atom stereocenters. The van der Waals surface area contributed by atoms with E-state index in [1.807, 2.05) is 12.1 Å². The number of rotatable bonds is 2. The van der Waals surface area contributed by atoms with Gasteiger partial charge in [0.1, 0.15) is 0 Å². The molecule has 1 aliphatic rings. The Balaban J connectivity index is 0.00000128. The number of pyridine rings is 1. The minimum Gasteiger partial charge on any atom is -0.324 e. The third-order valence-electron chi connectivity index (χ3n) is 2.78. The number of carbonyl (C=O) groups is 1. The van der Waals surface area contributed by atoms with Crippen molar-refractivity contribution < 1.29 is 4.79 Å². The fraction of sp³-hybridized carbons (Fsp3) is 0.455. The van der Waals surface area contributed by atoms with Gasteiger partial charge in [0.25, 0.3) is 0 Å². The van der Waals surface area contributed by atoms with E-state index in [4.69, 9.17) is 0 Å². The Bertz CT molecular complexity index is 344. The fourth-order valence-corrected chi connectivity index (χ4v) is 1.83. The van der Waals surface area contributed by atoms with Gasteiger partial charge < -0.3 is 10.6 Å². The Hall–Kier alpha value is -1.13. The monoisotopic (exact) mass is 241 g/mol. The topological polar surface area (TPSA) is 54.0 Å². The van der Waals surface area contributed by atoms with Gasteiger partial charge in [-0.1, -0.05) is 6.92 Å². The SMILES string of the molecule is C[C@@H]1CNC[C@H]1C(=O)Nc1cccnc1.Cl. The van der Waals surface area contributed by atoms with Crippen LogP contribution in [0.5, 0.6) is 0 Å². The van der Waals surface area contributed by atoms with Crippen LogP contribution in [0.4, 0.5) is 5.69 Å². The van der Waals surface area contributed by atoms with Gasteiger partial charge in [-0.25, -0.2) is 0 Å². The highest BCUT2D eigenvalue weighted by Gasteiger charge is 2.29. The second kappa shape index (κ2) is 5.82. The summed E-state index contributed by atoms with van der Waals surface area (Å²) >= 11 is 0. The molecule has 1 aromatic heterocycles. The molecule has 2 heterocycles. The summed E-state index contributed by atoms with van der Waals surface area (Å²) in [6, 6.07) is 3.66. The van der Waals surface area contributed by atoms with Gasteiger partial charge in [-0.2, -0.15) is 0 Å². The number of hydrogen-bond acceptors (Lipinski definition) is 3. The maximum atomic E-state index is 11.8. The molecule has 1 aromatic rings. The molecular weight excluding hydrogens is 226 g/mol. The average Bonchev–Trinajstić information content (AvgIpc) is 2.66. The highest BCUT2D eigenvalue weighted by molar-refractivity contribution is 5.92. The maximum Gasteiger partial charge on any atom is 0.229 e. The Labute approximate surface area is 101 Å². The summed E-state index contributed by atoms with van der Waals surface area (Å²) in [6.07, 6.45) is 3.35. The van der Waals surface area contributed by atoms with Crippen LogP contribution in [0, 0.1) is 11.8 Å². The van der Waals surface area contributed by atoms with Crippen LogP contribution in [0.25, 0.3) is 0 Å². The lowest BCUT2D eigenvalue weighted by molar-refractivity contribution is -0.120. The third kappa shape index (κ3) is 2.93. The lowest BCUT2D eigenvalue weighted by Gasteiger charge is -2.13. The van der Waals surface area contributed by atoms with Crippen molar-refractivity contribution in [2.75, 3.05) is 18.4 Å². The Morgan fingerprint density at radius 1 is 1.56 bits per heavy atom. The molecule has 2 N–H and O–H groups in total. The first-order valence-corrected chi connectivity index (χ1v) is 5.19. The summed E-state index contributed by atoms with van der Waals surface area (Å²) in [5.41, 5.74) is 0.765. The predicted molar refractivity (Wildman–Crippen MR) is 65.6 cm³/mol. The molecule has 0 spiro atoms. The van der Waals surface area contributed by atoms with Crippen LogP contribution in [-0.2, 0) is 4.79 Å². The van der Waals surface area contributed by atoms with E-state index in [2.05, 4.69) is 22.5 Å². The van der Waals surface area contributed by atoms with Crippen molar-refractivity contribution in [1.82, 2.24) is 10.3 Å². The molecule has 1 saturated heterocycles. The lowest BCUT2D eigenvalue weighted by Crippen LogP contribution is -2.27. The minimum absolute atomic E-state index is 0. The van der Waals surface area contributed by atoms with Crippen LogP contribution in [0.1, 0.15) is 6.92 Å². The number of amides is 1. The highest BCUT2D eigenvalue weighted by atomic mass is 35.5. The quantitative estimate of drug-likeness (QED) is 0.821. The van der Waals surface area contributed by atoms with Gasteiger partial charge in [0.15, 0.2) is 0 Å². The number of carbonyl (C=O) groups excluding carboxylic acids is 1. The number of aromatic nitrogens is 1. The summed E-state index contributed by atoms with van der Waals surface area (Å²) in [5.74, 6) is 0.562. The molecule has 5 heteroatoms. The van der Waals surface area contributed by atoms with Gasteiger partial charge in [0.05, 0.1) is 17.8 Å². The molecule has 1 fully saturated rings. The largest absolute Gasteiger partial charge is 0.324 e. The molecule has 0 saturated carbocycles. The van der Waals surface area contributed by atoms with E-state index >= 15 is 0 Å². The standard InChI is InChI=1S/C11H15N3O.ClH/c1-8-5-13-7-10(8)11(15)14-9-3-2-4-12-6-9;/h2-4,6,8,10,13H,5,7H2,1H3,(H,14,15);1H/t8-,10-;/m1./s1. The zero-order valence-corrected chi connectivity index (χ0v) is 9.96. The van der Waals surface area contributed by atoms with Crippen LogP contribution in [0.3, 0.4) is 0 Å². The van der Waals surface area contributed by atoms with Crippen molar-refractivity contribution in [2.45, 2.75) is 6.92 Å². The summed E-state index contributed by atoms with van der Waals surface area (Å²) in [6.45, 7) is 3.78. The summed E-state index contributed by atoms with van der Waals surface area (Å²) in [5, 5.41) is 6.09. The van der Waals surface area contributed by atoms with Gasteiger partial charge in [0, 0.05) is 12.7 Å². The molecule has 0 aliphatic carbocycles. The molecule has 4 nitrogen and oxygen atoms in total. The average molecular weight is 242 g/mol. The van der Waals surface area contributed by atoms with Crippen molar-refractivity contribution in [1.29, 1.82) is 0 Å². The summed E-state index contributed by atoms with van der Waals surface area (Å²) in [4.78, 5) is 15.8. The minimum atomic E-state index is 0. The van der Waals surface area contributed by atoms with Crippen molar-refractivity contribution in [3.8, 4) is 0 Å². The molecule has 1 aliphatic heterocycles. The van der Waals surface area contributed by atoms with Crippen LogP contribution >= 0.6 is 12.4 Å². The number of nitrogens with zero attached hydrogens (tertiary/aromatic N) is 1. The number of anilines is 1. The van der Waals surface area contributed by atoms with Crippen molar-refractivity contribution >= 4 is 24.0 Å². The maximum absolute atomic E-state index is 11.8. The Kier molecular flexibility index (Phi) is 4.71. The number of hydrogen-bond donors (Lipinski definition) is 2. The molecule has 0 bridgehead atoms. The van der Waals surface area contributed by atoms with Crippen molar-refractivity contribution in [3.63, 3.8) is 0 Å². The van der Waals surface area contributed by atoms with Crippen molar-refractivity contribution in [2.24, 2.45) is 11.8 Å². The van der Waals surface area contributed by atoms with E-state index in [-0.39, 0.29) is 24.2 Å². The van der Waals surface area contributed by atoms with Crippen LogP contribution in [-0.4, -0.2) is 24.0 Å². The molecule has 88 valence electrons. The summed E-state index contributed by atoms with van der Waals surface area (Å²) < 4.78 is 0. The first-order chi connectivity index (χ1) is 7.27. The van der Waals surface area contributed by atoms with Gasteiger partial charge in [-0.05, 0) is 24.6 Å². The van der Waals surface area contributed by atoms with Gasteiger partial charge in [-0.3, -0.25) is 9.78 Å². The van der Waals surface area contributed by atoms with Crippen molar-refractivity contribution in [3.05, 3.63) is 24.5 Å². The van der Waals surface area contributed by atoms with Gasteiger partial charge in [-0.15, -0.1) is 12.4 Å². The number of nitrogens with one attached hydrogen (secondary N) is 2. The molecule has 16 heavy (non-hydrogen) atoms. The number of halogens is 1. The molecule has 1 amide bonds. The lowest BCUT2D eigenvalue weighted by atomic mass is 9.97. The van der Waals surface area contributed by atoms with E-state index < -0.39 is 0 Å². The van der Waals surface area contributed by atoms with E-state index in [0.717, 1.165) is 18.8 Å². The van der Waals surface area contributed by atoms with Crippen LogP contribution in [0.2, 0.25) is 0 Å². The van der Waals surface area contributed by atoms with E-state index in [0.29, 0.717) is 5.92 Å². The van der Waals surface area contributed by atoms with E-state index in [1.54, 1.807) is 12.4 Å². The zero-order valence-electron chi connectivity index (χ0n) is 9.14. The zero-order chi connectivity index (χ0) is 10.7. The molecular formula is C11H16ClN3O.